The van der Waals surface area contributed by atoms with Gasteiger partial charge in [-0.1, -0.05) is 48.0 Å². The van der Waals surface area contributed by atoms with Crippen molar-refractivity contribution in [1.29, 1.82) is 0 Å². The molecule has 0 spiro atoms. The molecule has 1 N–H and O–H groups in total. The predicted octanol–water partition coefficient (Wildman–Crippen LogP) is 4.44. The summed E-state index contributed by atoms with van der Waals surface area (Å²) in [7, 11) is 0. The highest BCUT2D eigenvalue weighted by atomic mass is 35.5. The van der Waals surface area contributed by atoms with E-state index >= 15 is 0 Å². The van der Waals surface area contributed by atoms with Crippen LogP contribution in [0.15, 0.2) is 48.5 Å². The van der Waals surface area contributed by atoms with Crippen LogP contribution in [0, 0.1) is 6.92 Å². The number of aryl methyl sites for hydroxylation is 1. The third kappa shape index (κ3) is 6.57. The SMILES string of the molecule is CCNC(=O)[C@@H](C)N(Cc1ccccc1C)C(=O)CSCc1ccc(Cl)cc1. The molecule has 0 unspecified atom stereocenters. The molecular weight excluding hydrogens is 392 g/mol. The second-order valence-electron chi connectivity index (χ2n) is 6.64. The number of thioether (sulfide) groups is 1. The summed E-state index contributed by atoms with van der Waals surface area (Å²) in [5.41, 5.74) is 3.27. The Kier molecular flexibility index (Phi) is 8.87. The van der Waals surface area contributed by atoms with Gasteiger partial charge in [0.2, 0.25) is 11.8 Å². The van der Waals surface area contributed by atoms with Crippen molar-refractivity contribution >= 4 is 35.2 Å². The van der Waals surface area contributed by atoms with Gasteiger partial charge in [0.25, 0.3) is 0 Å². The van der Waals surface area contributed by atoms with Crippen LogP contribution in [0.3, 0.4) is 0 Å². The molecule has 2 aromatic rings. The van der Waals surface area contributed by atoms with Gasteiger partial charge in [0, 0.05) is 23.9 Å². The van der Waals surface area contributed by atoms with E-state index in [0.29, 0.717) is 23.9 Å². The summed E-state index contributed by atoms with van der Waals surface area (Å²) in [6, 6.07) is 15.0. The number of amides is 2. The molecule has 0 fully saturated rings. The van der Waals surface area contributed by atoms with Crippen LogP contribution in [0.4, 0.5) is 0 Å². The summed E-state index contributed by atoms with van der Waals surface area (Å²) in [4.78, 5) is 27.0. The maximum absolute atomic E-state index is 13.0. The molecule has 2 amide bonds. The molecule has 0 aliphatic carbocycles. The van der Waals surface area contributed by atoms with Crippen LogP contribution in [-0.2, 0) is 21.9 Å². The highest BCUT2D eigenvalue weighted by Crippen LogP contribution is 2.18. The van der Waals surface area contributed by atoms with Gasteiger partial charge in [0.15, 0.2) is 0 Å². The van der Waals surface area contributed by atoms with Gasteiger partial charge in [-0.05, 0) is 49.6 Å². The first kappa shape index (κ1) is 22.3. The Bertz CT molecular complexity index is 795. The van der Waals surface area contributed by atoms with E-state index < -0.39 is 6.04 Å². The maximum atomic E-state index is 13.0. The number of hydrogen-bond acceptors (Lipinski definition) is 3. The molecule has 0 heterocycles. The van der Waals surface area contributed by atoms with E-state index in [-0.39, 0.29) is 11.8 Å². The smallest absolute Gasteiger partial charge is 0.242 e. The van der Waals surface area contributed by atoms with E-state index in [1.54, 1.807) is 11.8 Å². The summed E-state index contributed by atoms with van der Waals surface area (Å²) < 4.78 is 0. The van der Waals surface area contributed by atoms with Gasteiger partial charge in [-0.3, -0.25) is 9.59 Å². The van der Waals surface area contributed by atoms with Gasteiger partial charge in [0.1, 0.15) is 6.04 Å². The first-order chi connectivity index (χ1) is 13.4. The van der Waals surface area contributed by atoms with Gasteiger partial charge in [0.05, 0.1) is 5.75 Å². The minimum absolute atomic E-state index is 0.0408. The van der Waals surface area contributed by atoms with Crippen LogP contribution in [0.2, 0.25) is 5.02 Å². The van der Waals surface area contributed by atoms with Gasteiger partial charge in [-0.15, -0.1) is 11.8 Å². The Labute approximate surface area is 176 Å². The van der Waals surface area contributed by atoms with Gasteiger partial charge >= 0.3 is 0 Å². The lowest BCUT2D eigenvalue weighted by atomic mass is 10.1. The largest absolute Gasteiger partial charge is 0.355 e. The Morgan fingerprint density at radius 3 is 2.46 bits per heavy atom. The third-order valence-electron chi connectivity index (χ3n) is 4.53. The van der Waals surface area contributed by atoms with Crippen LogP contribution in [0.1, 0.15) is 30.5 Å². The topological polar surface area (TPSA) is 49.4 Å². The fourth-order valence-electron chi connectivity index (χ4n) is 2.80. The Hall–Kier alpha value is -1.98. The lowest BCUT2D eigenvalue weighted by Gasteiger charge is -2.29. The standard InChI is InChI=1S/C22H27ClN2O2S/c1-4-24-22(27)17(3)25(13-19-8-6-5-7-16(19)2)21(26)15-28-14-18-9-11-20(23)12-10-18/h5-12,17H,4,13-15H2,1-3H3,(H,24,27)/t17-/m1/s1. The normalized spacial score (nSPS) is 11.7. The number of carbonyl (C=O) groups is 2. The van der Waals surface area contributed by atoms with Crippen LogP contribution >= 0.6 is 23.4 Å². The molecule has 0 bridgehead atoms. The molecule has 0 aliphatic rings. The average molecular weight is 419 g/mol. The van der Waals surface area contributed by atoms with Crippen molar-refractivity contribution in [3.05, 3.63) is 70.2 Å². The first-order valence-corrected chi connectivity index (χ1v) is 10.9. The van der Waals surface area contributed by atoms with E-state index in [1.807, 2.05) is 62.4 Å². The number of hydrogen-bond donors (Lipinski definition) is 1. The monoisotopic (exact) mass is 418 g/mol. The molecule has 2 rings (SSSR count). The summed E-state index contributed by atoms with van der Waals surface area (Å²) in [6.07, 6.45) is 0. The van der Waals surface area contributed by atoms with Crippen molar-refractivity contribution in [3.8, 4) is 0 Å². The predicted molar refractivity (Wildman–Crippen MR) is 117 cm³/mol. The molecule has 0 radical (unpaired) electrons. The Balaban J connectivity index is 2.06. The van der Waals surface area contributed by atoms with Crippen molar-refractivity contribution < 1.29 is 9.59 Å². The molecule has 0 aliphatic heterocycles. The summed E-state index contributed by atoms with van der Waals surface area (Å²) in [5.74, 6) is 0.864. The molecule has 0 saturated carbocycles. The number of rotatable bonds is 9. The third-order valence-corrected chi connectivity index (χ3v) is 5.77. The van der Waals surface area contributed by atoms with Crippen molar-refractivity contribution in [1.82, 2.24) is 10.2 Å². The fraction of sp³-hybridized carbons (Fsp3) is 0.364. The fourth-order valence-corrected chi connectivity index (χ4v) is 3.79. The molecule has 0 aromatic heterocycles. The van der Waals surface area contributed by atoms with Crippen LogP contribution in [0.5, 0.6) is 0 Å². The zero-order valence-corrected chi connectivity index (χ0v) is 18.1. The van der Waals surface area contributed by atoms with Crippen LogP contribution in [-0.4, -0.2) is 35.1 Å². The Morgan fingerprint density at radius 2 is 1.82 bits per heavy atom. The number of likely N-dealkylation sites (N-methyl/N-ethyl adjacent to an activating group) is 1. The molecular formula is C22H27ClN2O2S. The molecule has 2 aromatic carbocycles. The number of halogens is 1. The van der Waals surface area contributed by atoms with Gasteiger partial charge < -0.3 is 10.2 Å². The molecule has 28 heavy (non-hydrogen) atoms. The van der Waals surface area contributed by atoms with Gasteiger partial charge in [-0.25, -0.2) is 0 Å². The quantitative estimate of drug-likeness (QED) is 0.655. The summed E-state index contributed by atoms with van der Waals surface area (Å²) >= 11 is 7.45. The highest BCUT2D eigenvalue weighted by molar-refractivity contribution is 7.99. The zero-order chi connectivity index (χ0) is 20.5. The summed E-state index contributed by atoms with van der Waals surface area (Å²) in [6.45, 7) is 6.64. The van der Waals surface area contributed by atoms with Crippen LogP contribution < -0.4 is 5.32 Å². The number of carbonyl (C=O) groups excluding carboxylic acids is 2. The van der Waals surface area contributed by atoms with Crippen molar-refractivity contribution in [2.75, 3.05) is 12.3 Å². The molecule has 6 heteroatoms. The van der Waals surface area contributed by atoms with Gasteiger partial charge in [-0.2, -0.15) is 0 Å². The first-order valence-electron chi connectivity index (χ1n) is 9.36. The Morgan fingerprint density at radius 1 is 1.14 bits per heavy atom. The minimum Gasteiger partial charge on any atom is -0.355 e. The van der Waals surface area contributed by atoms with Crippen molar-refractivity contribution in [2.45, 2.75) is 39.1 Å². The molecule has 1 atom stereocenters. The van der Waals surface area contributed by atoms with E-state index in [0.717, 1.165) is 22.4 Å². The van der Waals surface area contributed by atoms with E-state index in [9.17, 15) is 9.59 Å². The average Bonchev–Trinajstić information content (AvgIpc) is 2.68. The lowest BCUT2D eigenvalue weighted by Crippen LogP contribution is -2.48. The number of benzene rings is 2. The number of nitrogens with zero attached hydrogens (tertiary/aromatic N) is 1. The maximum Gasteiger partial charge on any atom is 0.242 e. The zero-order valence-electron chi connectivity index (χ0n) is 16.6. The lowest BCUT2D eigenvalue weighted by molar-refractivity contribution is -0.138. The van der Waals surface area contributed by atoms with Crippen molar-refractivity contribution in [3.63, 3.8) is 0 Å². The molecule has 150 valence electrons. The van der Waals surface area contributed by atoms with Crippen molar-refractivity contribution in [2.24, 2.45) is 0 Å². The number of nitrogens with one attached hydrogen (secondary N) is 1. The molecule has 4 nitrogen and oxygen atoms in total. The van der Waals surface area contributed by atoms with E-state index in [4.69, 9.17) is 11.6 Å². The molecule has 0 saturated heterocycles. The summed E-state index contributed by atoms with van der Waals surface area (Å²) in [5, 5.41) is 3.52. The van der Waals surface area contributed by atoms with Crippen LogP contribution in [0.25, 0.3) is 0 Å². The second kappa shape index (κ2) is 11.1. The second-order valence-corrected chi connectivity index (χ2v) is 8.06. The minimum atomic E-state index is -0.525. The van der Waals surface area contributed by atoms with E-state index in [2.05, 4.69) is 5.32 Å². The highest BCUT2D eigenvalue weighted by Gasteiger charge is 2.26. The van der Waals surface area contributed by atoms with E-state index in [1.165, 1.54) is 11.8 Å².